The molecule has 0 aliphatic heterocycles. The number of carbonyl (C=O) groups excluding carboxylic acids is 1. The van der Waals surface area contributed by atoms with Crippen LogP contribution in [-0.4, -0.2) is 13.0 Å². The van der Waals surface area contributed by atoms with E-state index in [1.165, 1.54) is 12.5 Å². The van der Waals surface area contributed by atoms with Crippen LogP contribution in [0.3, 0.4) is 0 Å². The van der Waals surface area contributed by atoms with Crippen molar-refractivity contribution in [2.24, 2.45) is 0 Å². The van der Waals surface area contributed by atoms with E-state index in [0.29, 0.717) is 5.92 Å². The van der Waals surface area contributed by atoms with E-state index in [1.807, 2.05) is 19.2 Å². The molecule has 0 spiro atoms. The van der Waals surface area contributed by atoms with Crippen molar-refractivity contribution in [3.63, 3.8) is 0 Å². The average molecular weight is 220 g/mol. The molecule has 0 aliphatic rings. The topological polar surface area (TPSA) is 41.1 Å². The molecule has 16 heavy (non-hydrogen) atoms. The van der Waals surface area contributed by atoms with E-state index in [4.69, 9.17) is 0 Å². The molecule has 0 saturated heterocycles. The van der Waals surface area contributed by atoms with Crippen LogP contribution in [-0.2, 0) is 4.79 Å². The van der Waals surface area contributed by atoms with E-state index in [0.717, 1.165) is 17.8 Å². The van der Waals surface area contributed by atoms with E-state index < -0.39 is 0 Å². The van der Waals surface area contributed by atoms with E-state index >= 15 is 0 Å². The Hall–Kier alpha value is -1.51. The van der Waals surface area contributed by atoms with Crippen LogP contribution in [0.15, 0.2) is 18.2 Å². The van der Waals surface area contributed by atoms with Crippen LogP contribution in [0, 0.1) is 0 Å². The summed E-state index contributed by atoms with van der Waals surface area (Å²) in [5.41, 5.74) is 3.13. The molecule has 1 rings (SSSR count). The highest BCUT2D eigenvalue weighted by Gasteiger charge is 2.06. The molecule has 1 atom stereocenters. The van der Waals surface area contributed by atoms with Gasteiger partial charge in [0, 0.05) is 25.3 Å². The van der Waals surface area contributed by atoms with Crippen molar-refractivity contribution < 1.29 is 4.79 Å². The number of hydrogen-bond acceptors (Lipinski definition) is 2. The molecule has 3 nitrogen and oxygen atoms in total. The molecule has 0 fully saturated rings. The van der Waals surface area contributed by atoms with E-state index in [9.17, 15) is 4.79 Å². The van der Waals surface area contributed by atoms with Crippen molar-refractivity contribution in [1.29, 1.82) is 0 Å². The Kier molecular flexibility index (Phi) is 4.35. The van der Waals surface area contributed by atoms with Gasteiger partial charge in [0.25, 0.3) is 0 Å². The van der Waals surface area contributed by atoms with Crippen LogP contribution < -0.4 is 10.6 Å². The van der Waals surface area contributed by atoms with Gasteiger partial charge in [-0.25, -0.2) is 0 Å². The van der Waals surface area contributed by atoms with Crippen molar-refractivity contribution in [2.45, 2.75) is 33.1 Å². The minimum atomic E-state index is -0.0386. The minimum absolute atomic E-state index is 0.0386. The summed E-state index contributed by atoms with van der Waals surface area (Å²) in [6.07, 6.45) is 1.09. The Labute approximate surface area is 97.2 Å². The normalized spacial score (nSPS) is 12.0. The third-order valence-corrected chi connectivity index (χ3v) is 2.75. The van der Waals surface area contributed by atoms with Crippen molar-refractivity contribution in [2.75, 3.05) is 17.7 Å². The lowest BCUT2D eigenvalue weighted by molar-refractivity contribution is -0.114. The number of nitrogens with one attached hydrogen (secondary N) is 2. The average Bonchev–Trinajstić information content (AvgIpc) is 2.26. The summed E-state index contributed by atoms with van der Waals surface area (Å²) >= 11 is 0. The van der Waals surface area contributed by atoms with Gasteiger partial charge in [-0.05, 0) is 36.1 Å². The minimum Gasteiger partial charge on any atom is -0.388 e. The van der Waals surface area contributed by atoms with Crippen LogP contribution in [0.1, 0.15) is 38.7 Å². The Morgan fingerprint density at radius 2 is 1.94 bits per heavy atom. The summed E-state index contributed by atoms with van der Waals surface area (Å²) in [5.74, 6) is 0.462. The Morgan fingerprint density at radius 1 is 1.31 bits per heavy atom. The molecule has 1 unspecified atom stereocenters. The van der Waals surface area contributed by atoms with Crippen LogP contribution in [0.25, 0.3) is 0 Å². The third-order valence-electron chi connectivity index (χ3n) is 2.75. The Balaban J connectivity index is 3.05. The highest BCUT2D eigenvalue weighted by molar-refractivity contribution is 5.89. The summed E-state index contributed by atoms with van der Waals surface area (Å²) in [7, 11) is 1.88. The number of rotatable bonds is 4. The molecule has 1 amide bonds. The second-order valence-corrected chi connectivity index (χ2v) is 4.08. The molecule has 3 heteroatoms. The molecular weight excluding hydrogens is 200 g/mol. The molecule has 1 aromatic carbocycles. The summed E-state index contributed by atoms with van der Waals surface area (Å²) in [6.45, 7) is 5.87. The first-order valence-electron chi connectivity index (χ1n) is 5.67. The number of benzene rings is 1. The van der Waals surface area contributed by atoms with E-state index in [-0.39, 0.29) is 5.91 Å². The van der Waals surface area contributed by atoms with Gasteiger partial charge in [-0.1, -0.05) is 13.8 Å². The monoisotopic (exact) mass is 220 g/mol. The van der Waals surface area contributed by atoms with Crippen LogP contribution >= 0.6 is 0 Å². The van der Waals surface area contributed by atoms with Crippen molar-refractivity contribution in [1.82, 2.24) is 0 Å². The number of carbonyl (C=O) groups is 1. The largest absolute Gasteiger partial charge is 0.388 e. The van der Waals surface area contributed by atoms with Gasteiger partial charge in [0.1, 0.15) is 0 Å². The zero-order chi connectivity index (χ0) is 12.1. The Bertz CT molecular complexity index is 374. The van der Waals surface area contributed by atoms with Gasteiger partial charge in [0.05, 0.1) is 0 Å². The van der Waals surface area contributed by atoms with Gasteiger partial charge in [0.15, 0.2) is 0 Å². The third kappa shape index (κ3) is 3.26. The first-order valence-corrected chi connectivity index (χ1v) is 5.67. The second kappa shape index (κ2) is 5.54. The van der Waals surface area contributed by atoms with Gasteiger partial charge < -0.3 is 10.6 Å². The lowest BCUT2D eigenvalue weighted by Gasteiger charge is -2.14. The SMILES string of the molecule is CCC(C)c1cc(NC)cc(NC(C)=O)c1. The zero-order valence-corrected chi connectivity index (χ0v) is 10.4. The molecule has 0 bridgehead atoms. The van der Waals surface area contributed by atoms with Crippen LogP contribution in [0.2, 0.25) is 0 Å². The summed E-state index contributed by atoms with van der Waals surface area (Å²) < 4.78 is 0. The van der Waals surface area contributed by atoms with Crippen molar-refractivity contribution in [3.8, 4) is 0 Å². The van der Waals surface area contributed by atoms with Gasteiger partial charge in [-0.15, -0.1) is 0 Å². The predicted molar refractivity (Wildman–Crippen MR) is 69.0 cm³/mol. The summed E-state index contributed by atoms with van der Waals surface area (Å²) in [5, 5.41) is 5.93. The smallest absolute Gasteiger partial charge is 0.221 e. The Morgan fingerprint density at radius 3 is 2.44 bits per heavy atom. The fraction of sp³-hybridized carbons (Fsp3) is 0.462. The quantitative estimate of drug-likeness (QED) is 0.818. The molecular formula is C13H20N2O. The first kappa shape index (κ1) is 12.6. The maximum atomic E-state index is 11.0. The molecule has 2 N–H and O–H groups in total. The maximum Gasteiger partial charge on any atom is 0.221 e. The number of hydrogen-bond donors (Lipinski definition) is 2. The van der Waals surface area contributed by atoms with Crippen LogP contribution in [0.5, 0.6) is 0 Å². The van der Waals surface area contributed by atoms with Gasteiger partial charge in [-0.3, -0.25) is 4.79 Å². The standard InChI is InChI=1S/C13H20N2O/c1-5-9(2)11-6-12(14-4)8-13(7-11)15-10(3)16/h6-9,14H,5H2,1-4H3,(H,15,16). The summed E-state index contributed by atoms with van der Waals surface area (Å²) in [4.78, 5) is 11.0. The zero-order valence-electron chi connectivity index (χ0n) is 10.4. The lowest BCUT2D eigenvalue weighted by Crippen LogP contribution is -2.07. The van der Waals surface area contributed by atoms with E-state index in [1.54, 1.807) is 0 Å². The first-order chi connectivity index (χ1) is 7.56. The molecule has 0 heterocycles. The van der Waals surface area contributed by atoms with Gasteiger partial charge in [0.2, 0.25) is 5.91 Å². The molecule has 0 aromatic heterocycles. The maximum absolute atomic E-state index is 11.0. The molecule has 0 aliphatic carbocycles. The predicted octanol–water partition coefficient (Wildman–Crippen LogP) is 3.20. The highest BCUT2D eigenvalue weighted by atomic mass is 16.1. The molecule has 0 saturated carbocycles. The number of anilines is 2. The molecule has 1 aromatic rings. The second-order valence-electron chi connectivity index (χ2n) is 4.08. The van der Waals surface area contributed by atoms with Crippen molar-refractivity contribution >= 4 is 17.3 Å². The number of amides is 1. The fourth-order valence-electron chi connectivity index (χ4n) is 1.59. The molecule has 0 radical (unpaired) electrons. The highest BCUT2D eigenvalue weighted by Crippen LogP contribution is 2.26. The fourth-order valence-corrected chi connectivity index (χ4v) is 1.59. The molecule has 88 valence electrons. The van der Waals surface area contributed by atoms with Gasteiger partial charge in [-0.2, -0.15) is 0 Å². The van der Waals surface area contributed by atoms with Gasteiger partial charge >= 0.3 is 0 Å². The van der Waals surface area contributed by atoms with Crippen LogP contribution in [0.4, 0.5) is 11.4 Å². The summed E-state index contributed by atoms with van der Waals surface area (Å²) in [6, 6.07) is 6.10. The van der Waals surface area contributed by atoms with Crippen molar-refractivity contribution in [3.05, 3.63) is 23.8 Å². The van der Waals surface area contributed by atoms with E-state index in [2.05, 4.69) is 30.5 Å². The lowest BCUT2D eigenvalue weighted by atomic mass is 9.97.